The molecule has 33 heavy (non-hydrogen) atoms. The molecule has 1 fully saturated rings. The maximum atomic E-state index is 12.9. The Morgan fingerprint density at radius 2 is 1.61 bits per heavy atom. The van der Waals surface area contributed by atoms with Crippen LogP contribution in [0.25, 0.3) is 22.0 Å². The summed E-state index contributed by atoms with van der Waals surface area (Å²) in [5, 5.41) is 15.0. The summed E-state index contributed by atoms with van der Waals surface area (Å²) < 4.78 is 0. The molecule has 166 valence electrons. The van der Waals surface area contributed by atoms with Gasteiger partial charge in [0, 0.05) is 52.7 Å². The third-order valence-corrected chi connectivity index (χ3v) is 6.25. The van der Waals surface area contributed by atoms with E-state index in [1.54, 1.807) is 24.3 Å². The standard InChI is InChI=1S/C26H24ClN5O/c1-18-17-31(15-16-32(18)26(33)28-21-13-11-20(27)12-14-21)25-23-10-6-5-9-22(23)24(29-30-25)19-7-3-2-4-8-19/h2-14,18H,15-17H2,1H3,(H,28,33)/t18-/m0/s1. The van der Waals surface area contributed by atoms with Gasteiger partial charge in [0.1, 0.15) is 5.69 Å². The van der Waals surface area contributed by atoms with Crippen molar-refractivity contribution in [3.63, 3.8) is 0 Å². The predicted molar refractivity (Wildman–Crippen MR) is 134 cm³/mol. The van der Waals surface area contributed by atoms with Crippen LogP contribution in [-0.4, -0.2) is 46.8 Å². The molecule has 6 nitrogen and oxygen atoms in total. The van der Waals surface area contributed by atoms with Crippen LogP contribution in [0.15, 0.2) is 78.9 Å². The average molecular weight is 458 g/mol. The molecule has 2 amide bonds. The molecule has 4 aromatic rings. The van der Waals surface area contributed by atoms with Crippen molar-refractivity contribution in [1.29, 1.82) is 0 Å². The molecule has 0 aliphatic carbocycles. The van der Waals surface area contributed by atoms with Crippen LogP contribution in [0.5, 0.6) is 0 Å². The van der Waals surface area contributed by atoms with Gasteiger partial charge in [-0.15, -0.1) is 10.2 Å². The largest absolute Gasteiger partial charge is 0.351 e. The first-order valence-electron chi connectivity index (χ1n) is 11.0. The fourth-order valence-corrected chi connectivity index (χ4v) is 4.44. The minimum absolute atomic E-state index is 0.0143. The molecule has 0 bridgehead atoms. The molecule has 0 spiro atoms. The van der Waals surface area contributed by atoms with Crippen molar-refractivity contribution >= 4 is 39.9 Å². The summed E-state index contributed by atoms with van der Waals surface area (Å²) in [6.07, 6.45) is 0. The highest BCUT2D eigenvalue weighted by Gasteiger charge is 2.29. The van der Waals surface area contributed by atoms with Gasteiger partial charge in [-0.25, -0.2) is 4.79 Å². The Bertz CT molecular complexity index is 1280. The number of anilines is 2. The number of carbonyl (C=O) groups is 1. The monoisotopic (exact) mass is 457 g/mol. The lowest BCUT2D eigenvalue weighted by Crippen LogP contribution is -2.55. The van der Waals surface area contributed by atoms with Gasteiger partial charge < -0.3 is 15.1 Å². The summed E-state index contributed by atoms with van der Waals surface area (Å²) in [7, 11) is 0. The molecule has 1 N–H and O–H groups in total. The third-order valence-electron chi connectivity index (χ3n) is 6.00. The van der Waals surface area contributed by atoms with Crippen LogP contribution in [0.3, 0.4) is 0 Å². The lowest BCUT2D eigenvalue weighted by Gasteiger charge is -2.40. The number of nitrogens with zero attached hydrogens (tertiary/aromatic N) is 4. The van der Waals surface area contributed by atoms with Crippen molar-refractivity contribution in [3.05, 3.63) is 83.9 Å². The molecule has 3 aromatic carbocycles. The number of amides is 2. The Morgan fingerprint density at radius 3 is 2.33 bits per heavy atom. The zero-order valence-corrected chi connectivity index (χ0v) is 19.0. The normalized spacial score (nSPS) is 16.1. The van der Waals surface area contributed by atoms with Crippen LogP contribution >= 0.6 is 11.6 Å². The Morgan fingerprint density at radius 1 is 0.909 bits per heavy atom. The molecule has 7 heteroatoms. The van der Waals surface area contributed by atoms with Crippen LogP contribution in [-0.2, 0) is 0 Å². The number of fused-ring (bicyclic) bond motifs is 1. The predicted octanol–water partition coefficient (Wildman–Crippen LogP) is 5.69. The molecule has 0 saturated carbocycles. The van der Waals surface area contributed by atoms with Crippen LogP contribution in [0.2, 0.25) is 5.02 Å². The second-order valence-corrected chi connectivity index (χ2v) is 8.65. The molecule has 5 rings (SSSR count). The second-order valence-electron chi connectivity index (χ2n) is 8.21. The summed E-state index contributed by atoms with van der Waals surface area (Å²) in [6, 6.07) is 25.4. The fourth-order valence-electron chi connectivity index (χ4n) is 4.31. The molecular weight excluding hydrogens is 434 g/mol. The molecule has 0 radical (unpaired) electrons. The van der Waals surface area contributed by atoms with Gasteiger partial charge in [-0.3, -0.25) is 0 Å². The number of aromatic nitrogens is 2. The van der Waals surface area contributed by atoms with Gasteiger partial charge >= 0.3 is 6.03 Å². The van der Waals surface area contributed by atoms with E-state index in [0.29, 0.717) is 24.7 Å². The molecular formula is C26H24ClN5O. The van der Waals surface area contributed by atoms with Gasteiger partial charge in [-0.05, 0) is 31.2 Å². The van der Waals surface area contributed by atoms with E-state index in [1.807, 2.05) is 35.2 Å². The number of rotatable bonds is 3. The molecule has 1 aromatic heterocycles. The number of hydrogen-bond acceptors (Lipinski definition) is 4. The first-order chi connectivity index (χ1) is 16.1. The summed E-state index contributed by atoms with van der Waals surface area (Å²) in [4.78, 5) is 16.9. The third kappa shape index (κ3) is 4.34. The van der Waals surface area contributed by atoms with E-state index in [1.165, 1.54) is 0 Å². The van der Waals surface area contributed by atoms with Crippen LogP contribution in [0.1, 0.15) is 6.92 Å². The number of benzene rings is 3. The zero-order valence-electron chi connectivity index (χ0n) is 18.3. The van der Waals surface area contributed by atoms with Gasteiger partial charge in [0.05, 0.1) is 0 Å². The van der Waals surface area contributed by atoms with E-state index in [9.17, 15) is 4.79 Å². The van der Waals surface area contributed by atoms with Gasteiger partial charge in [0.25, 0.3) is 0 Å². The van der Waals surface area contributed by atoms with E-state index in [2.05, 4.69) is 51.6 Å². The zero-order chi connectivity index (χ0) is 22.8. The Hall–Kier alpha value is -3.64. The second kappa shape index (κ2) is 9.08. The minimum Gasteiger partial charge on any atom is -0.351 e. The van der Waals surface area contributed by atoms with Crippen LogP contribution < -0.4 is 10.2 Å². The van der Waals surface area contributed by atoms with Crippen molar-refractivity contribution in [2.75, 3.05) is 29.9 Å². The Balaban J connectivity index is 1.37. The van der Waals surface area contributed by atoms with E-state index < -0.39 is 0 Å². The number of hydrogen-bond donors (Lipinski definition) is 1. The fraction of sp³-hybridized carbons (Fsp3) is 0.192. The van der Waals surface area contributed by atoms with E-state index in [4.69, 9.17) is 11.6 Å². The van der Waals surface area contributed by atoms with Crippen molar-refractivity contribution in [2.24, 2.45) is 0 Å². The van der Waals surface area contributed by atoms with Crippen molar-refractivity contribution in [3.8, 4) is 11.3 Å². The van der Waals surface area contributed by atoms with Gasteiger partial charge in [0.2, 0.25) is 0 Å². The first kappa shape index (κ1) is 21.2. The molecule has 2 heterocycles. The van der Waals surface area contributed by atoms with Crippen molar-refractivity contribution in [1.82, 2.24) is 15.1 Å². The number of halogens is 1. The summed E-state index contributed by atoms with van der Waals surface area (Å²) in [6.45, 7) is 4.01. The average Bonchev–Trinajstić information content (AvgIpc) is 2.85. The first-order valence-corrected chi connectivity index (χ1v) is 11.4. The highest BCUT2D eigenvalue weighted by atomic mass is 35.5. The quantitative estimate of drug-likeness (QED) is 0.429. The van der Waals surface area contributed by atoms with Crippen molar-refractivity contribution in [2.45, 2.75) is 13.0 Å². The molecule has 1 atom stereocenters. The van der Waals surface area contributed by atoms with Crippen LogP contribution in [0.4, 0.5) is 16.3 Å². The SMILES string of the molecule is C[C@H]1CN(c2nnc(-c3ccccc3)c3ccccc23)CCN1C(=O)Nc1ccc(Cl)cc1. The van der Waals surface area contributed by atoms with E-state index in [-0.39, 0.29) is 12.1 Å². The summed E-state index contributed by atoms with van der Waals surface area (Å²) in [5.74, 6) is 0.856. The maximum Gasteiger partial charge on any atom is 0.322 e. The maximum absolute atomic E-state index is 12.9. The van der Waals surface area contributed by atoms with Gasteiger partial charge in [-0.2, -0.15) is 0 Å². The topological polar surface area (TPSA) is 61.4 Å². The lowest BCUT2D eigenvalue weighted by molar-refractivity contribution is 0.184. The molecule has 0 unspecified atom stereocenters. The van der Waals surface area contributed by atoms with Crippen LogP contribution in [0, 0.1) is 0 Å². The molecule has 1 aliphatic rings. The number of urea groups is 1. The number of carbonyl (C=O) groups excluding carboxylic acids is 1. The smallest absolute Gasteiger partial charge is 0.322 e. The van der Waals surface area contributed by atoms with Gasteiger partial charge in [0.15, 0.2) is 5.82 Å². The lowest BCUT2D eigenvalue weighted by atomic mass is 10.0. The Kier molecular flexibility index (Phi) is 5.84. The van der Waals surface area contributed by atoms with Gasteiger partial charge in [-0.1, -0.05) is 66.2 Å². The highest BCUT2D eigenvalue weighted by Crippen LogP contribution is 2.32. The summed E-state index contributed by atoms with van der Waals surface area (Å²) >= 11 is 5.94. The molecule has 1 saturated heterocycles. The van der Waals surface area contributed by atoms with Crippen molar-refractivity contribution < 1.29 is 4.79 Å². The van der Waals surface area contributed by atoms with E-state index in [0.717, 1.165) is 33.5 Å². The minimum atomic E-state index is -0.111. The van der Waals surface area contributed by atoms with E-state index >= 15 is 0 Å². The highest BCUT2D eigenvalue weighted by molar-refractivity contribution is 6.30. The molecule has 1 aliphatic heterocycles. The Labute approximate surface area is 197 Å². The number of nitrogens with one attached hydrogen (secondary N) is 1. The summed E-state index contributed by atoms with van der Waals surface area (Å²) in [5.41, 5.74) is 2.65. The number of piperazine rings is 1.